The van der Waals surface area contributed by atoms with Crippen molar-refractivity contribution in [2.45, 2.75) is 4.90 Å². The van der Waals surface area contributed by atoms with Crippen LogP contribution in [0.5, 0.6) is 0 Å². The number of nitrogens with one attached hydrogen (secondary N) is 1. The van der Waals surface area contributed by atoms with Gasteiger partial charge in [0, 0.05) is 13.3 Å². The number of benzene rings is 1. The molecule has 0 fully saturated rings. The van der Waals surface area contributed by atoms with Gasteiger partial charge in [0.05, 0.1) is 5.69 Å². The third-order valence-corrected chi connectivity index (χ3v) is 2.97. The molecule has 0 unspecified atom stereocenters. The molecule has 1 N–H and O–H groups in total. The molecule has 16 heavy (non-hydrogen) atoms. The molecule has 3 nitrogen and oxygen atoms in total. The fraction of sp³-hybridized carbons (Fsp3) is 0.250. The van der Waals surface area contributed by atoms with Gasteiger partial charge in [-0.05, 0) is 0 Å². The highest BCUT2D eigenvalue weighted by Gasteiger charge is 2.29. The highest BCUT2D eigenvalue weighted by Crippen LogP contribution is 2.31. The average Bonchev–Trinajstić information content (AvgIpc) is 2.18. The van der Waals surface area contributed by atoms with Crippen LogP contribution in [0.4, 0.5) is 23.2 Å². The van der Waals surface area contributed by atoms with Crippen molar-refractivity contribution in [1.82, 2.24) is 0 Å². The number of rotatable bonds is 2. The molecule has 0 saturated carbocycles. The van der Waals surface area contributed by atoms with Crippen LogP contribution < -0.4 is 5.32 Å². The summed E-state index contributed by atoms with van der Waals surface area (Å²) in [7, 11) is -3.16. The summed E-state index contributed by atoms with van der Waals surface area (Å²) in [4.78, 5) is -1.23. The lowest BCUT2D eigenvalue weighted by atomic mass is 10.2. The Kier molecular flexibility index (Phi) is 3.13. The van der Waals surface area contributed by atoms with Gasteiger partial charge in [-0.3, -0.25) is 0 Å². The lowest BCUT2D eigenvalue weighted by Crippen LogP contribution is -2.12. The van der Waals surface area contributed by atoms with E-state index in [4.69, 9.17) is 0 Å². The third-order valence-electron chi connectivity index (χ3n) is 1.84. The second-order valence-corrected chi connectivity index (χ2v) is 4.93. The van der Waals surface area contributed by atoms with Gasteiger partial charge in [0.25, 0.3) is 0 Å². The summed E-state index contributed by atoms with van der Waals surface area (Å²) in [6.45, 7) is 0. The van der Waals surface area contributed by atoms with Crippen LogP contribution in [0.1, 0.15) is 0 Å². The zero-order valence-corrected chi connectivity index (χ0v) is 9.05. The summed E-state index contributed by atoms with van der Waals surface area (Å²) >= 11 is 0. The molecule has 8 heteroatoms. The maximum absolute atomic E-state index is 13.2. The predicted octanol–water partition coefficient (Wildman–Crippen LogP) is 1.69. The standard InChI is InChI=1S/C8H7F4NO2S/c1-13-7-5(11)3(9)4(10)6(12)8(7)16(2,14)15/h13H,1-2H3. The number of sulfone groups is 1. The topological polar surface area (TPSA) is 46.2 Å². The molecule has 1 aromatic rings. The van der Waals surface area contributed by atoms with Crippen LogP contribution in [-0.2, 0) is 9.84 Å². The van der Waals surface area contributed by atoms with Gasteiger partial charge in [-0.2, -0.15) is 0 Å². The van der Waals surface area contributed by atoms with Gasteiger partial charge in [-0.25, -0.2) is 26.0 Å². The Hall–Kier alpha value is -1.31. The molecular formula is C8H7F4NO2S. The number of anilines is 1. The first-order chi connectivity index (χ1) is 7.21. The van der Waals surface area contributed by atoms with E-state index in [0.29, 0.717) is 6.26 Å². The van der Waals surface area contributed by atoms with Crippen molar-refractivity contribution < 1.29 is 26.0 Å². The molecule has 90 valence electrons. The van der Waals surface area contributed by atoms with Gasteiger partial charge in [-0.15, -0.1) is 0 Å². The Morgan fingerprint density at radius 3 is 1.75 bits per heavy atom. The molecule has 0 saturated heterocycles. The van der Waals surface area contributed by atoms with E-state index in [1.165, 1.54) is 0 Å². The van der Waals surface area contributed by atoms with Gasteiger partial charge < -0.3 is 5.32 Å². The van der Waals surface area contributed by atoms with E-state index < -0.39 is 43.7 Å². The summed E-state index contributed by atoms with van der Waals surface area (Å²) in [6.07, 6.45) is 0.559. The molecule has 0 heterocycles. The fourth-order valence-electron chi connectivity index (χ4n) is 1.18. The van der Waals surface area contributed by atoms with E-state index in [-0.39, 0.29) is 0 Å². The Labute approximate surface area is 89.0 Å². The third kappa shape index (κ3) is 1.84. The SMILES string of the molecule is CNc1c(F)c(F)c(F)c(F)c1S(C)(=O)=O. The van der Waals surface area contributed by atoms with Crippen molar-refractivity contribution >= 4 is 15.5 Å². The fourth-order valence-corrected chi connectivity index (χ4v) is 2.16. The first-order valence-corrected chi connectivity index (χ1v) is 5.84. The summed E-state index contributed by atoms with van der Waals surface area (Å²) in [5, 5.41) is 1.98. The van der Waals surface area contributed by atoms with Crippen molar-refractivity contribution in [2.75, 3.05) is 18.6 Å². The maximum Gasteiger partial charge on any atom is 0.199 e. The highest BCUT2D eigenvalue weighted by atomic mass is 32.2. The Morgan fingerprint density at radius 2 is 1.38 bits per heavy atom. The van der Waals surface area contributed by atoms with Crippen molar-refractivity contribution in [3.8, 4) is 0 Å². The number of hydrogen-bond donors (Lipinski definition) is 1. The van der Waals surface area contributed by atoms with Gasteiger partial charge >= 0.3 is 0 Å². The highest BCUT2D eigenvalue weighted by molar-refractivity contribution is 7.90. The maximum atomic E-state index is 13.2. The minimum atomic E-state index is -4.22. The van der Waals surface area contributed by atoms with Crippen LogP contribution in [-0.4, -0.2) is 21.7 Å². The monoisotopic (exact) mass is 257 g/mol. The van der Waals surface area contributed by atoms with Crippen LogP contribution in [0.3, 0.4) is 0 Å². The Bertz CT molecular complexity index is 542. The predicted molar refractivity (Wildman–Crippen MR) is 48.9 cm³/mol. The molecule has 0 aliphatic rings. The quantitative estimate of drug-likeness (QED) is 0.379. The molecule has 0 bridgehead atoms. The molecule has 1 aromatic carbocycles. The van der Waals surface area contributed by atoms with Gasteiger partial charge in [0.1, 0.15) is 4.90 Å². The van der Waals surface area contributed by atoms with E-state index in [2.05, 4.69) is 0 Å². The van der Waals surface area contributed by atoms with E-state index in [0.717, 1.165) is 7.05 Å². The first-order valence-electron chi connectivity index (χ1n) is 3.95. The van der Waals surface area contributed by atoms with E-state index in [1.54, 1.807) is 0 Å². The molecule has 0 spiro atoms. The second kappa shape index (κ2) is 3.93. The summed E-state index contributed by atoms with van der Waals surface area (Å²) in [6, 6.07) is 0. The average molecular weight is 257 g/mol. The summed E-state index contributed by atoms with van der Waals surface area (Å²) in [5.74, 6) is -7.93. The molecule has 1 rings (SSSR count). The Balaban J connectivity index is 3.87. The van der Waals surface area contributed by atoms with Crippen molar-refractivity contribution in [3.63, 3.8) is 0 Å². The van der Waals surface area contributed by atoms with Gasteiger partial charge in [0.2, 0.25) is 0 Å². The smallest absolute Gasteiger partial charge is 0.199 e. The van der Waals surface area contributed by atoms with Crippen LogP contribution >= 0.6 is 0 Å². The van der Waals surface area contributed by atoms with Gasteiger partial charge in [-0.1, -0.05) is 0 Å². The van der Waals surface area contributed by atoms with E-state index >= 15 is 0 Å². The molecule has 0 atom stereocenters. The Morgan fingerprint density at radius 1 is 0.938 bits per heavy atom. The van der Waals surface area contributed by atoms with Crippen LogP contribution in [0.25, 0.3) is 0 Å². The first kappa shape index (κ1) is 12.8. The molecule has 0 amide bonds. The number of halogens is 4. The summed E-state index contributed by atoms with van der Waals surface area (Å²) < 4.78 is 74.1. The normalized spacial score (nSPS) is 11.6. The minimum absolute atomic E-state index is 0.559. The van der Waals surface area contributed by atoms with Crippen LogP contribution in [0.15, 0.2) is 4.90 Å². The number of hydrogen-bond acceptors (Lipinski definition) is 3. The minimum Gasteiger partial charge on any atom is -0.385 e. The van der Waals surface area contributed by atoms with Crippen molar-refractivity contribution in [3.05, 3.63) is 23.3 Å². The lowest BCUT2D eigenvalue weighted by molar-refractivity contribution is 0.399. The zero-order valence-electron chi connectivity index (χ0n) is 8.24. The van der Waals surface area contributed by atoms with Crippen LogP contribution in [0, 0.1) is 23.3 Å². The molecule has 0 radical (unpaired) electrons. The second-order valence-electron chi connectivity index (χ2n) is 2.98. The molecule has 0 aliphatic heterocycles. The van der Waals surface area contributed by atoms with Crippen molar-refractivity contribution in [2.24, 2.45) is 0 Å². The summed E-state index contributed by atoms with van der Waals surface area (Å²) in [5.41, 5.74) is -0.932. The zero-order chi connectivity index (χ0) is 12.7. The van der Waals surface area contributed by atoms with E-state index in [1.807, 2.05) is 5.32 Å². The molecule has 0 aromatic heterocycles. The lowest BCUT2D eigenvalue weighted by Gasteiger charge is -2.11. The van der Waals surface area contributed by atoms with Gasteiger partial charge in [0.15, 0.2) is 33.1 Å². The van der Waals surface area contributed by atoms with Crippen molar-refractivity contribution in [1.29, 1.82) is 0 Å². The largest absolute Gasteiger partial charge is 0.385 e. The molecular weight excluding hydrogens is 250 g/mol. The van der Waals surface area contributed by atoms with Crippen LogP contribution in [0.2, 0.25) is 0 Å². The molecule has 0 aliphatic carbocycles. The van der Waals surface area contributed by atoms with E-state index in [9.17, 15) is 26.0 Å².